The Morgan fingerprint density at radius 2 is 1.20 bits per heavy atom. The Kier molecular flexibility index (Phi) is 12.1. The van der Waals surface area contributed by atoms with Crippen LogP contribution < -0.4 is 19.2 Å². The van der Waals surface area contributed by atoms with E-state index >= 15 is 0 Å². The Balaban J connectivity index is -0.0000000910. The van der Waals surface area contributed by atoms with Crippen LogP contribution in [0.2, 0.25) is 0 Å². The summed E-state index contributed by atoms with van der Waals surface area (Å²) in [4.78, 5) is 42.7. The summed E-state index contributed by atoms with van der Waals surface area (Å²) in [5.41, 5.74) is 0. The van der Waals surface area contributed by atoms with Crippen LogP contribution in [0.3, 0.4) is 0 Å². The van der Waals surface area contributed by atoms with Gasteiger partial charge in [-0.15, -0.1) is 10.1 Å². The van der Waals surface area contributed by atoms with Gasteiger partial charge in [0.25, 0.3) is 5.09 Å². The molecule has 1 radical (unpaired) electrons. The van der Waals surface area contributed by atoms with E-state index in [9.17, 15) is 0 Å². The molecule has 0 spiro atoms. The molecule has 0 heterocycles. The van der Waals surface area contributed by atoms with Crippen LogP contribution in [0.5, 0.6) is 0 Å². The van der Waals surface area contributed by atoms with Crippen LogP contribution in [-0.4, -0.2) is 46.6 Å². The van der Waals surface area contributed by atoms with E-state index in [0.29, 0.717) is 0 Å². The average Bonchev–Trinajstić information content (AvgIpc) is 1.19. The maximum absolute atomic E-state index is 8.58. The van der Waals surface area contributed by atoms with E-state index in [1.807, 2.05) is 0 Å². The van der Waals surface area contributed by atoms with E-state index in [1.165, 1.54) is 0 Å². The number of hydrogen-bond acceptors (Lipinski definition) is 6. The van der Waals surface area contributed by atoms with Gasteiger partial charge in [0.2, 0.25) is 0 Å². The molecule has 0 saturated carbocycles. The summed E-state index contributed by atoms with van der Waals surface area (Å²) in [6, 6.07) is 0. The van der Waals surface area contributed by atoms with Crippen LogP contribution in [0.1, 0.15) is 0 Å². The predicted molar refractivity (Wildman–Crippen MR) is 20.3 cm³/mol. The Hall–Kier alpha value is 0.179. The van der Waals surface area contributed by atoms with Crippen LogP contribution in [-0.2, 0) is 0 Å². The van der Waals surface area contributed by atoms with Crippen molar-refractivity contribution in [2.75, 3.05) is 0 Å². The van der Waals surface area contributed by atoms with Gasteiger partial charge in [-0.25, -0.2) is 0 Å². The van der Waals surface area contributed by atoms with Crippen molar-refractivity contribution in [3.63, 3.8) is 0 Å². The first-order chi connectivity index (χ1) is 3.73. The minimum atomic E-state index is -5.61. The molecule has 0 aromatic heterocycles. The number of hydrogen-bond donors (Lipinski definition) is 1. The molecule has 0 aliphatic heterocycles. The fourth-order valence-electron chi connectivity index (χ4n) is 0. The first-order valence-corrected chi connectivity index (χ1v) is 3.01. The summed E-state index contributed by atoms with van der Waals surface area (Å²) in [5.74, 6) is 0. The van der Waals surface area contributed by atoms with E-state index in [0.717, 1.165) is 0 Å². The Labute approximate surface area is 76.1 Å². The topological polar surface area (TPSA) is 156 Å². The third-order valence-corrected chi connectivity index (χ3v) is 0. The van der Waals surface area contributed by atoms with Crippen LogP contribution in [0.15, 0.2) is 0 Å². The quantitative estimate of drug-likeness (QED) is 0.256. The second-order valence-corrected chi connectivity index (χ2v) is 1.74. The standard InChI is InChI=1S/HNO3.O4Si.Tl/c2-1(3)4;1-5(2,3)4;/h(H,2,3,4);;/q;-4;. The molecule has 0 fully saturated rings. The normalized spacial score (nSPS) is 8.40. The fraction of sp³-hybridized carbons (Fsp3) is 0. The van der Waals surface area contributed by atoms with E-state index in [4.69, 9.17) is 34.5 Å². The van der Waals surface area contributed by atoms with Crippen molar-refractivity contribution in [2.24, 2.45) is 0 Å². The molecule has 0 aliphatic carbocycles. The smallest absolute Gasteiger partial charge is 0.291 e. The zero-order chi connectivity index (χ0) is 8.08. The summed E-state index contributed by atoms with van der Waals surface area (Å²) in [6.45, 7) is 0. The second-order valence-electron chi connectivity index (χ2n) is 0.738. The summed E-state index contributed by atoms with van der Waals surface area (Å²) in [6.07, 6.45) is 0. The zero-order valence-electron chi connectivity index (χ0n) is 4.42. The summed E-state index contributed by atoms with van der Waals surface area (Å²) < 4.78 is 0. The molecule has 0 rings (SSSR count). The van der Waals surface area contributed by atoms with Gasteiger partial charge >= 0.3 is 0 Å². The van der Waals surface area contributed by atoms with Crippen molar-refractivity contribution in [1.29, 1.82) is 0 Å². The van der Waals surface area contributed by atoms with Crippen molar-refractivity contribution in [1.82, 2.24) is 0 Å². The van der Waals surface area contributed by atoms with E-state index in [-0.39, 0.29) is 27.3 Å². The molecule has 0 unspecified atom stereocenters. The second kappa shape index (κ2) is 7.29. The molecule has 0 aromatic carbocycles. The molecular formula is HNO7SiTl-4. The van der Waals surface area contributed by atoms with Crippen molar-refractivity contribution >= 4 is 36.3 Å². The van der Waals surface area contributed by atoms with Gasteiger partial charge in [-0.1, -0.05) is 0 Å². The van der Waals surface area contributed by atoms with Gasteiger partial charge in [0.05, 0.1) is 0 Å². The minimum absolute atomic E-state index is 0. The third-order valence-electron chi connectivity index (χ3n) is 0. The molecule has 10 heteroatoms. The van der Waals surface area contributed by atoms with E-state index in [1.54, 1.807) is 0 Å². The Morgan fingerprint density at radius 1 is 1.20 bits per heavy atom. The van der Waals surface area contributed by atoms with Crippen molar-refractivity contribution in [3.05, 3.63) is 10.1 Å². The fourth-order valence-corrected chi connectivity index (χ4v) is 0. The molecule has 0 bridgehead atoms. The largest absolute Gasteiger partial charge is 0.894 e. The zero-order valence-corrected chi connectivity index (χ0v) is 9.91. The van der Waals surface area contributed by atoms with Gasteiger partial charge in [-0.05, 0) is 0 Å². The van der Waals surface area contributed by atoms with Crippen LogP contribution in [0.4, 0.5) is 0 Å². The molecular weight excluding hydrogens is 358 g/mol. The monoisotopic (exact) mass is 360 g/mol. The van der Waals surface area contributed by atoms with Gasteiger partial charge in [-0.3, -0.25) is 0 Å². The summed E-state index contributed by atoms with van der Waals surface area (Å²) in [7, 11) is -5.61. The molecule has 0 amide bonds. The van der Waals surface area contributed by atoms with Gasteiger partial charge < -0.3 is 33.4 Å². The predicted octanol–water partition coefficient (Wildman–Crippen LogP) is -5.87. The molecule has 8 nitrogen and oxygen atoms in total. The Bertz CT molecular complexity index is 76.1. The minimum Gasteiger partial charge on any atom is -0.894 e. The molecule has 0 saturated heterocycles. The maximum atomic E-state index is 8.58. The average molecular weight is 359 g/mol. The molecule has 0 aromatic rings. The van der Waals surface area contributed by atoms with Crippen molar-refractivity contribution in [2.45, 2.75) is 0 Å². The molecule has 59 valence electrons. The van der Waals surface area contributed by atoms with Gasteiger partial charge in [0, 0.05) is 27.3 Å². The van der Waals surface area contributed by atoms with Crippen molar-refractivity contribution < 1.29 is 29.5 Å². The van der Waals surface area contributed by atoms with Crippen LogP contribution >= 0.6 is 0 Å². The van der Waals surface area contributed by atoms with Gasteiger partial charge in [0.15, 0.2) is 0 Å². The maximum Gasteiger partial charge on any atom is 0.291 e. The first-order valence-electron chi connectivity index (χ1n) is 1.38. The van der Waals surface area contributed by atoms with Gasteiger partial charge in [-0.2, -0.15) is 0 Å². The first kappa shape index (κ1) is 16.6. The SMILES string of the molecule is O=[N+]([O-])O.[O-][Si]([O-])([O-])[O-].[Tl]. The number of rotatable bonds is 0. The molecule has 0 aliphatic rings. The van der Waals surface area contributed by atoms with E-state index in [2.05, 4.69) is 0 Å². The van der Waals surface area contributed by atoms with Crippen LogP contribution in [0, 0.1) is 10.1 Å². The number of nitrogens with zero attached hydrogens (tertiary/aromatic N) is 1. The van der Waals surface area contributed by atoms with Crippen LogP contribution in [0.25, 0.3) is 0 Å². The molecule has 10 heavy (non-hydrogen) atoms. The van der Waals surface area contributed by atoms with E-state index < -0.39 is 14.1 Å². The summed E-state index contributed by atoms with van der Waals surface area (Å²) in [5, 5.41) is 13.6. The molecule has 1 N–H and O–H groups in total. The molecule has 0 atom stereocenters. The Morgan fingerprint density at radius 3 is 1.20 bits per heavy atom. The van der Waals surface area contributed by atoms with Gasteiger partial charge in [0.1, 0.15) is 0 Å². The van der Waals surface area contributed by atoms with Crippen molar-refractivity contribution in [3.8, 4) is 0 Å². The third kappa shape index (κ3) is 13200. The summed E-state index contributed by atoms with van der Waals surface area (Å²) >= 11 is 0.